The van der Waals surface area contributed by atoms with E-state index >= 15 is 0 Å². The van der Waals surface area contributed by atoms with Crippen LogP contribution in [-0.2, 0) is 11.3 Å². The zero-order chi connectivity index (χ0) is 11.5. The van der Waals surface area contributed by atoms with Crippen molar-refractivity contribution >= 4 is 21.9 Å². The van der Waals surface area contributed by atoms with Gasteiger partial charge >= 0.3 is 5.97 Å². The average Bonchev–Trinajstić information content (AvgIpc) is 2.15. The first-order valence-corrected chi connectivity index (χ1v) is 5.29. The van der Waals surface area contributed by atoms with Crippen LogP contribution in [0.5, 0.6) is 0 Å². The molecular formula is C10H13BrN2O2. The molecular weight excluding hydrogens is 260 g/mol. The van der Waals surface area contributed by atoms with Gasteiger partial charge in [0.1, 0.15) is 5.54 Å². The first kappa shape index (κ1) is 12.1. The molecule has 0 aliphatic heterocycles. The van der Waals surface area contributed by atoms with E-state index in [2.05, 4.69) is 26.2 Å². The number of aromatic nitrogens is 1. The topological polar surface area (TPSA) is 62.2 Å². The normalized spacial score (nSPS) is 11.4. The van der Waals surface area contributed by atoms with Gasteiger partial charge in [-0.2, -0.15) is 0 Å². The van der Waals surface area contributed by atoms with E-state index in [1.54, 1.807) is 26.2 Å². The molecule has 82 valence electrons. The highest BCUT2D eigenvalue weighted by Crippen LogP contribution is 2.10. The molecule has 0 aromatic carbocycles. The van der Waals surface area contributed by atoms with E-state index in [1.165, 1.54) is 0 Å². The van der Waals surface area contributed by atoms with Gasteiger partial charge in [-0.3, -0.25) is 15.1 Å². The SMILES string of the molecule is CC(C)(NCc1cncc(Br)c1)C(=O)O. The van der Waals surface area contributed by atoms with E-state index in [0.29, 0.717) is 6.54 Å². The Morgan fingerprint density at radius 3 is 2.80 bits per heavy atom. The fourth-order valence-electron chi connectivity index (χ4n) is 0.951. The summed E-state index contributed by atoms with van der Waals surface area (Å²) < 4.78 is 0.884. The monoisotopic (exact) mass is 272 g/mol. The van der Waals surface area contributed by atoms with Crippen molar-refractivity contribution < 1.29 is 9.90 Å². The minimum Gasteiger partial charge on any atom is -0.480 e. The molecule has 1 aromatic rings. The van der Waals surface area contributed by atoms with Gasteiger partial charge in [0, 0.05) is 23.4 Å². The molecule has 1 rings (SSSR count). The van der Waals surface area contributed by atoms with Gasteiger partial charge in [0.2, 0.25) is 0 Å². The van der Waals surface area contributed by atoms with Gasteiger partial charge in [-0.15, -0.1) is 0 Å². The number of halogens is 1. The van der Waals surface area contributed by atoms with Crippen molar-refractivity contribution in [1.82, 2.24) is 10.3 Å². The number of carbonyl (C=O) groups is 1. The fourth-order valence-corrected chi connectivity index (χ4v) is 1.36. The number of carboxylic acids is 1. The summed E-state index contributed by atoms with van der Waals surface area (Å²) in [4.78, 5) is 14.8. The number of rotatable bonds is 4. The van der Waals surface area contributed by atoms with Gasteiger partial charge in [0.25, 0.3) is 0 Å². The third-order valence-corrected chi connectivity index (χ3v) is 2.46. The lowest BCUT2D eigenvalue weighted by atomic mass is 10.1. The van der Waals surface area contributed by atoms with Gasteiger partial charge in [-0.1, -0.05) is 0 Å². The quantitative estimate of drug-likeness (QED) is 0.878. The Morgan fingerprint density at radius 2 is 2.27 bits per heavy atom. The highest BCUT2D eigenvalue weighted by molar-refractivity contribution is 9.10. The summed E-state index contributed by atoms with van der Waals surface area (Å²) in [6.45, 7) is 3.73. The molecule has 0 saturated heterocycles. The third-order valence-electron chi connectivity index (χ3n) is 2.03. The Morgan fingerprint density at radius 1 is 1.60 bits per heavy atom. The highest BCUT2D eigenvalue weighted by atomic mass is 79.9. The van der Waals surface area contributed by atoms with Gasteiger partial charge in [0.05, 0.1) is 0 Å². The second-order valence-electron chi connectivity index (χ2n) is 3.80. The average molecular weight is 273 g/mol. The molecule has 0 radical (unpaired) electrons. The molecule has 0 saturated carbocycles. The minimum atomic E-state index is -0.928. The van der Waals surface area contributed by atoms with Crippen LogP contribution in [0.25, 0.3) is 0 Å². The number of aliphatic carboxylic acids is 1. The van der Waals surface area contributed by atoms with Crippen molar-refractivity contribution in [2.45, 2.75) is 25.9 Å². The number of nitrogens with one attached hydrogen (secondary N) is 1. The molecule has 0 aliphatic carbocycles. The molecule has 0 amide bonds. The Hall–Kier alpha value is -0.940. The molecule has 15 heavy (non-hydrogen) atoms. The lowest BCUT2D eigenvalue weighted by Crippen LogP contribution is -2.46. The molecule has 0 aliphatic rings. The Kier molecular flexibility index (Phi) is 3.82. The van der Waals surface area contributed by atoms with Gasteiger partial charge in [0.15, 0.2) is 0 Å². The zero-order valence-electron chi connectivity index (χ0n) is 8.62. The predicted octanol–water partition coefficient (Wildman–Crippen LogP) is 1.80. The highest BCUT2D eigenvalue weighted by Gasteiger charge is 2.25. The van der Waals surface area contributed by atoms with Crippen LogP contribution in [0.2, 0.25) is 0 Å². The van der Waals surface area contributed by atoms with Crippen molar-refractivity contribution in [2.75, 3.05) is 0 Å². The number of pyridine rings is 1. The van der Waals surface area contributed by atoms with E-state index < -0.39 is 11.5 Å². The van der Waals surface area contributed by atoms with E-state index in [-0.39, 0.29) is 0 Å². The van der Waals surface area contributed by atoms with Crippen molar-refractivity contribution in [2.24, 2.45) is 0 Å². The molecule has 2 N–H and O–H groups in total. The summed E-state index contributed by atoms with van der Waals surface area (Å²) in [5, 5.41) is 11.8. The lowest BCUT2D eigenvalue weighted by Gasteiger charge is -2.20. The Balaban J connectivity index is 2.61. The second kappa shape index (κ2) is 4.72. The summed E-state index contributed by atoms with van der Waals surface area (Å²) in [5.74, 6) is -0.870. The number of hydrogen-bond donors (Lipinski definition) is 2. The summed E-state index contributed by atoms with van der Waals surface area (Å²) in [6.07, 6.45) is 3.39. The molecule has 0 atom stereocenters. The smallest absolute Gasteiger partial charge is 0.323 e. The van der Waals surface area contributed by atoms with Crippen molar-refractivity contribution in [3.8, 4) is 0 Å². The summed E-state index contributed by atoms with van der Waals surface area (Å²) in [7, 11) is 0. The van der Waals surface area contributed by atoms with Gasteiger partial charge < -0.3 is 5.11 Å². The number of hydrogen-bond acceptors (Lipinski definition) is 3. The van der Waals surface area contributed by atoms with Crippen molar-refractivity contribution in [3.05, 3.63) is 28.5 Å². The largest absolute Gasteiger partial charge is 0.480 e. The summed E-state index contributed by atoms with van der Waals surface area (Å²) in [6, 6.07) is 1.90. The first-order chi connectivity index (χ1) is 6.92. The van der Waals surface area contributed by atoms with E-state index in [9.17, 15) is 4.79 Å². The van der Waals surface area contributed by atoms with Crippen LogP contribution < -0.4 is 5.32 Å². The Bertz CT molecular complexity index is 366. The van der Waals surface area contributed by atoms with E-state index in [4.69, 9.17) is 5.11 Å². The number of nitrogens with zero attached hydrogens (tertiary/aromatic N) is 1. The predicted molar refractivity (Wildman–Crippen MR) is 60.5 cm³/mol. The first-order valence-electron chi connectivity index (χ1n) is 4.49. The van der Waals surface area contributed by atoms with Gasteiger partial charge in [-0.05, 0) is 41.4 Å². The lowest BCUT2D eigenvalue weighted by molar-refractivity contribution is -0.143. The molecule has 1 heterocycles. The Labute approximate surface area is 96.8 Å². The third kappa shape index (κ3) is 3.60. The van der Waals surface area contributed by atoms with E-state index in [0.717, 1.165) is 10.0 Å². The minimum absolute atomic E-state index is 0.478. The second-order valence-corrected chi connectivity index (χ2v) is 4.71. The number of carboxylic acid groups (broad SMARTS) is 1. The molecule has 5 heteroatoms. The zero-order valence-corrected chi connectivity index (χ0v) is 10.2. The molecule has 0 unspecified atom stereocenters. The van der Waals surface area contributed by atoms with Crippen molar-refractivity contribution in [1.29, 1.82) is 0 Å². The molecule has 0 fully saturated rings. The van der Waals surface area contributed by atoms with Crippen LogP contribution in [0.15, 0.2) is 22.9 Å². The molecule has 4 nitrogen and oxygen atoms in total. The van der Waals surface area contributed by atoms with Gasteiger partial charge in [-0.25, -0.2) is 0 Å². The maximum absolute atomic E-state index is 10.8. The molecule has 0 bridgehead atoms. The standard InChI is InChI=1S/C10H13BrN2O2/c1-10(2,9(14)15)13-5-7-3-8(11)6-12-4-7/h3-4,6,13H,5H2,1-2H3,(H,14,15). The van der Waals surface area contributed by atoms with Crippen LogP contribution in [0.3, 0.4) is 0 Å². The fraction of sp³-hybridized carbons (Fsp3) is 0.400. The van der Waals surface area contributed by atoms with Crippen LogP contribution in [0.1, 0.15) is 19.4 Å². The molecule has 0 spiro atoms. The van der Waals surface area contributed by atoms with Crippen molar-refractivity contribution in [3.63, 3.8) is 0 Å². The maximum Gasteiger partial charge on any atom is 0.323 e. The van der Waals surface area contributed by atoms with Crippen LogP contribution >= 0.6 is 15.9 Å². The van der Waals surface area contributed by atoms with Crippen LogP contribution in [0, 0.1) is 0 Å². The maximum atomic E-state index is 10.8. The van der Waals surface area contributed by atoms with E-state index in [1.807, 2.05) is 6.07 Å². The molecule has 1 aromatic heterocycles. The van der Waals surface area contributed by atoms with Crippen LogP contribution in [0.4, 0.5) is 0 Å². The van der Waals surface area contributed by atoms with Crippen LogP contribution in [-0.4, -0.2) is 21.6 Å². The summed E-state index contributed by atoms with van der Waals surface area (Å²) >= 11 is 3.30. The summed E-state index contributed by atoms with van der Waals surface area (Å²) in [5.41, 5.74) is 0.0150.